The average molecular weight is 1260 g/mol. The second-order valence-corrected chi connectivity index (χ2v) is 25.3. The molecule has 15 nitrogen and oxygen atoms in total. The predicted octanol–water partition coefficient (Wildman–Crippen LogP) is 12.4. The number of aryl methyl sites for hydroxylation is 2. The summed E-state index contributed by atoms with van der Waals surface area (Å²) in [4.78, 5) is 147. The highest BCUT2D eigenvalue weighted by Crippen LogP contribution is 2.43. The van der Waals surface area contributed by atoms with Crippen molar-refractivity contribution in [3.8, 4) is 0 Å². The van der Waals surface area contributed by atoms with Crippen LogP contribution in [0, 0.1) is 31.6 Å². The number of hydrogen-bond donors (Lipinski definition) is 0. The van der Waals surface area contributed by atoms with Gasteiger partial charge in [0.05, 0.1) is 56.6 Å². The quantitative estimate of drug-likeness (QED) is 0.0658. The molecule has 0 bridgehead atoms. The van der Waals surface area contributed by atoms with E-state index < -0.39 is 47.2 Å². The molecule has 5 aliphatic rings. The smallest absolute Gasteiger partial charge is 0.266 e. The van der Waals surface area contributed by atoms with Crippen LogP contribution in [-0.2, 0) is 46.5 Å². The van der Waals surface area contributed by atoms with E-state index in [1.165, 1.54) is 89.8 Å². The van der Waals surface area contributed by atoms with Crippen molar-refractivity contribution in [2.45, 2.75) is 65.2 Å². The van der Waals surface area contributed by atoms with Gasteiger partial charge in [-0.1, -0.05) is 151 Å². The van der Waals surface area contributed by atoms with E-state index in [0.717, 1.165) is 60.9 Å². The number of benzene rings is 9. The molecule has 1 saturated heterocycles. The van der Waals surface area contributed by atoms with E-state index >= 15 is 0 Å². The molecule has 2 fully saturated rings. The summed E-state index contributed by atoms with van der Waals surface area (Å²) in [6, 6.07) is 60.8. The van der Waals surface area contributed by atoms with E-state index in [2.05, 4.69) is 67.6 Å². The Kier molecular flexibility index (Phi) is 16.8. The number of fused-ring (bicyclic) bond motifs is 4. The number of nitrogens with zero attached hydrogens (tertiary/aromatic N) is 4. The minimum Gasteiger partial charge on any atom is -0.299 e. The molecule has 0 spiro atoms. The predicted molar refractivity (Wildman–Crippen MR) is 357 cm³/mol. The molecule has 1 saturated carbocycles. The number of rotatable bonds is 16. The van der Waals surface area contributed by atoms with E-state index in [4.69, 9.17) is 0 Å². The average Bonchev–Trinajstić information content (AvgIpc) is 1.65. The Morgan fingerprint density at radius 1 is 0.347 bits per heavy atom. The van der Waals surface area contributed by atoms with Crippen LogP contribution in [0.25, 0.3) is 0 Å². The van der Waals surface area contributed by atoms with E-state index in [9.17, 15) is 52.7 Å². The number of amides is 8. The first-order valence-corrected chi connectivity index (χ1v) is 31.6. The normalized spacial score (nSPS) is 17.0. The van der Waals surface area contributed by atoms with Gasteiger partial charge in [-0.15, -0.1) is 0 Å². The first-order valence-electron chi connectivity index (χ1n) is 31.6. The third kappa shape index (κ3) is 12.3. The second kappa shape index (κ2) is 25.6. The van der Waals surface area contributed by atoms with Crippen LogP contribution in [0.2, 0.25) is 0 Å². The van der Waals surface area contributed by atoms with Gasteiger partial charge in [0.15, 0.2) is 11.6 Å². The number of anilines is 2. The van der Waals surface area contributed by atoms with E-state index in [-0.39, 0.29) is 80.6 Å². The van der Waals surface area contributed by atoms with Crippen LogP contribution < -0.4 is 9.80 Å². The molecule has 1 aliphatic carbocycles. The Bertz CT molecular complexity index is 4710. The Morgan fingerprint density at radius 2 is 0.684 bits per heavy atom. The van der Waals surface area contributed by atoms with Crippen LogP contribution in [0.1, 0.15) is 163 Å². The molecule has 470 valence electrons. The van der Waals surface area contributed by atoms with Gasteiger partial charge in [-0.05, 0) is 158 Å². The topological polar surface area (TPSA) is 201 Å². The molecule has 9 aromatic rings. The van der Waals surface area contributed by atoms with Crippen molar-refractivity contribution in [3.05, 3.63) is 306 Å². The highest BCUT2D eigenvalue weighted by molar-refractivity contribution is 6.35. The molecular formula is C80H64N4O11. The van der Waals surface area contributed by atoms with E-state index in [1.807, 2.05) is 79.7 Å². The molecule has 15 heteroatoms. The van der Waals surface area contributed by atoms with Gasteiger partial charge in [0.2, 0.25) is 11.8 Å². The highest BCUT2D eigenvalue weighted by Gasteiger charge is 2.51. The van der Waals surface area contributed by atoms with Crippen molar-refractivity contribution in [2.24, 2.45) is 17.8 Å². The maximum Gasteiger partial charge on any atom is 0.266 e. The number of ketones is 3. The van der Waals surface area contributed by atoms with Gasteiger partial charge in [-0.3, -0.25) is 67.4 Å². The molecule has 3 unspecified atom stereocenters. The van der Waals surface area contributed by atoms with Gasteiger partial charge in [0.25, 0.3) is 35.4 Å². The van der Waals surface area contributed by atoms with Crippen LogP contribution in [0.3, 0.4) is 0 Å². The highest BCUT2D eigenvalue weighted by atomic mass is 16.2. The standard InChI is InChI=1S/C48H42N2O6.C32H22N2O5/c1-29-3-5-30(6-4-29)23-31-7-11-35(12-8-31)26-44(52)37-18-22-40-42(28-37)48(56)50(47(40)55)38-19-15-33(16-20-38)24-32-9-13-34(14-10-32)25-43(51)36-17-21-39-41(27-36)46(54)49(2)45(39)53;1-18-3-5-19(6-4-18)15-20-7-11-23(12-8-20)34-31(38)25-14-10-22(17-27(25)32(34)39)28(35)21-9-13-24-26(16-21)30(37)33(2)29(24)36/h3-17,19-21,27,37,40,42H,18,22-26,28H2,1-2H3;3-14,16-17H,15H2,1-2H3. The lowest BCUT2D eigenvalue weighted by molar-refractivity contribution is -0.128. The molecule has 14 rings (SSSR count). The van der Waals surface area contributed by atoms with E-state index in [1.54, 1.807) is 18.2 Å². The van der Waals surface area contributed by atoms with Crippen LogP contribution in [0.5, 0.6) is 0 Å². The minimum absolute atomic E-state index is 0.126. The molecule has 0 N–H and O–H groups in total. The van der Waals surface area contributed by atoms with Crippen LogP contribution in [0.4, 0.5) is 11.4 Å². The fourth-order valence-corrected chi connectivity index (χ4v) is 13.4. The number of carbonyl (C=O) groups excluding carboxylic acids is 11. The summed E-state index contributed by atoms with van der Waals surface area (Å²) in [6.45, 7) is 4.11. The molecule has 0 aromatic heterocycles. The molecule has 4 aliphatic heterocycles. The first-order chi connectivity index (χ1) is 45.7. The molecule has 4 heterocycles. The SMILES string of the molecule is Cc1ccc(Cc2ccc(CC(=O)C3CCC4C(=O)N(c5ccc(Cc6ccc(CC(=O)c7ccc8c(c7)C(=O)N(C)C8=O)cc6)cc5)C(=O)C4C3)cc2)cc1.Cc1ccc(Cc2ccc(N3C(=O)c4ccc(C(=O)c5ccc6c(c5)C(=O)N(C)C6=O)cc4C3=O)cc2)cc1. The van der Waals surface area contributed by atoms with Crippen LogP contribution in [0.15, 0.2) is 200 Å². The van der Waals surface area contributed by atoms with Gasteiger partial charge in [0, 0.05) is 49.5 Å². The van der Waals surface area contributed by atoms with Gasteiger partial charge >= 0.3 is 0 Å². The largest absolute Gasteiger partial charge is 0.299 e. The third-order valence-electron chi connectivity index (χ3n) is 18.9. The maximum absolute atomic E-state index is 13.7. The van der Waals surface area contributed by atoms with Crippen LogP contribution in [-0.4, -0.2) is 88.5 Å². The lowest BCUT2D eigenvalue weighted by Crippen LogP contribution is -2.32. The zero-order valence-electron chi connectivity index (χ0n) is 52.7. The van der Waals surface area contributed by atoms with Crippen molar-refractivity contribution in [1.29, 1.82) is 0 Å². The van der Waals surface area contributed by atoms with Gasteiger partial charge in [-0.2, -0.15) is 0 Å². The summed E-state index contributed by atoms with van der Waals surface area (Å²) >= 11 is 0. The minimum atomic E-state index is -0.507. The fourth-order valence-electron chi connectivity index (χ4n) is 13.4. The van der Waals surface area contributed by atoms with Gasteiger partial charge < -0.3 is 0 Å². The van der Waals surface area contributed by atoms with Crippen molar-refractivity contribution in [1.82, 2.24) is 9.80 Å². The molecule has 9 aromatic carbocycles. The fraction of sp³-hybridized carbons (Fsp3) is 0.188. The molecule has 8 amide bonds. The van der Waals surface area contributed by atoms with Crippen molar-refractivity contribution >= 4 is 76.0 Å². The Morgan fingerprint density at radius 3 is 1.15 bits per heavy atom. The Hall–Kier alpha value is -11.5. The van der Waals surface area contributed by atoms with Crippen molar-refractivity contribution in [3.63, 3.8) is 0 Å². The van der Waals surface area contributed by atoms with Gasteiger partial charge in [0.1, 0.15) is 5.78 Å². The summed E-state index contributed by atoms with van der Waals surface area (Å²) < 4.78 is 0. The Labute approximate surface area is 548 Å². The van der Waals surface area contributed by atoms with Crippen molar-refractivity contribution < 1.29 is 52.7 Å². The first kappa shape index (κ1) is 62.4. The summed E-state index contributed by atoms with van der Waals surface area (Å²) in [7, 11) is 2.82. The van der Waals surface area contributed by atoms with Crippen LogP contribution >= 0.6 is 0 Å². The molecule has 0 radical (unpaired) electrons. The third-order valence-corrected chi connectivity index (χ3v) is 18.9. The molecule has 95 heavy (non-hydrogen) atoms. The summed E-state index contributed by atoms with van der Waals surface area (Å²) in [5, 5.41) is 0. The summed E-state index contributed by atoms with van der Waals surface area (Å²) in [6.07, 6.45) is 4.21. The lowest BCUT2D eigenvalue weighted by atomic mass is 9.73. The second-order valence-electron chi connectivity index (χ2n) is 25.3. The maximum atomic E-state index is 13.7. The zero-order chi connectivity index (χ0) is 66.5. The van der Waals surface area contributed by atoms with E-state index in [0.29, 0.717) is 54.6 Å². The monoisotopic (exact) mass is 1260 g/mol. The summed E-state index contributed by atoms with van der Waals surface area (Å²) in [5.41, 5.74) is 14.0. The number of carbonyl (C=O) groups is 11. The molecule has 3 atom stereocenters. The number of hydrogen-bond acceptors (Lipinski definition) is 11. The number of imide groups is 4. The summed E-state index contributed by atoms with van der Waals surface area (Å²) in [5.74, 6) is -4.58. The van der Waals surface area contributed by atoms with Gasteiger partial charge in [-0.25, -0.2) is 4.90 Å². The molecular weight excluding hydrogens is 1190 g/mol. The zero-order valence-corrected chi connectivity index (χ0v) is 52.7. The Balaban J connectivity index is 0.000000184. The lowest BCUT2D eigenvalue weighted by Gasteiger charge is -2.27. The van der Waals surface area contributed by atoms with Crippen molar-refractivity contribution in [2.75, 3.05) is 23.9 Å². The number of Topliss-reactive ketones (excluding diaryl/α,β-unsaturated/α-hetero) is 2.